The molecule has 0 unspecified atom stereocenters. The Kier molecular flexibility index (Phi) is 8.40. The van der Waals surface area contributed by atoms with Gasteiger partial charge in [0.05, 0.1) is 0 Å². The molecule has 0 rings (SSSR count). The topological polar surface area (TPSA) is 29.1 Å². The highest BCUT2D eigenvalue weighted by molar-refractivity contribution is 7.80. The van der Waals surface area contributed by atoms with Crippen molar-refractivity contribution in [2.75, 3.05) is 18.1 Å². The molecular weight excluding hydrogens is 178 g/mol. The fourth-order valence-electron chi connectivity index (χ4n) is 0.655. The summed E-state index contributed by atoms with van der Waals surface area (Å²) in [6.45, 7) is 0.771. The standard InChI is InChI=1S/C7H15NOS2/c9-7(3-6-11)8-4-1-2-5-10/h10-11H,1-6H2,(H,8,9). The van der Waals surface area contributed by atoms with Crippen molar-refractivity contribution in [2.45, 2.75) is 19.3 Å². The van der Waals surface area contributed by atoms with Crippen LogP contribution in [0.4, 0.5) is 0 Å². The van der Waals surface area contributed by atoms with Gasteiger partial charge in [-0.05, 0) is 24.3 Å². The number of hydrogen-bond donors (Lipinski definition) is 3. The molecule has 0 saturated heterocycles. The molecule has 0 atom stereocenters. The highest BCUT2D eigenvalue weighted by Gasteiger charge is 1.96. The van der Waals surface area contributed by atoms with Crippen molar-refractivity contribution in [3.8, 4) is 0 Å². The van der Waals surface area contributed by atoms with Crippen LogP contribution in [0.2, 0.25) is 0 Å². The first kappa shape index (κ1) is 11.2. The number of amides is 1. The van der Waals surface area contributed by atoms with Gasteiger partial charge in [0.1, 0.15) is 0 Å². The fourth-order valence-corrected chi connectivity index (χ4v) is 1.08. The summed E-state index contributed by atoms with van der Waals surface area (Å²) in [5.41, 5.74) is 0. The van der Waals surface area contributed by atoms with Crippen LogP contribution < -0.4 is 5.32 Å². The van der Waals surface area contributed by atoms with E-state index < -0.39 is 0 Å². The fraction of sp³-hybridized carbons (Fsp3) is 0.857. The third-order valence-electron chi connectivity index (χ3n) is 1.25. The average Bonchev–Trinajstić information content (AvgIpc) is 1.99. The van der Waals surface area contributed by atoms with Crippen LogP contribution in [0.15, 0.2) is 0 Å². The summed E-state index contributed by atoms with van der Waals surface area (Å²) in [4.78, 5) is 10.8. The van der Waals surface area contributed by atoms with E-state index in [0.29, 0.717) is 12.2 Å². The van der Waals surface area contributed by atoms with Crippen molar-refractivity contribution in [2.24, 2.45) is 0 Å². The van der Waals surface area contributed by atoms with Crippen molar-refractivity contribution < 1.29 is 4.79 Å². The largest absolute Gasteiger partial charge is 0.356 e. The second-order valence-corrected chi connectivity index (χ2v) is 3.15. The second-order valence-electron chi connectivity index (χ2n) is 2.25. The van der Waals surface area contributed by atoms with Crippen molar-refractivity contribution >= 4 is 31.2 Å². The lowest BCUT2D eigenvalue weighted by molar-refractivity contribution is -0.120. The molecule has 0 heterocycles. The van der Waals surface area contributed by atoms with Crippen molar-refractivity contribution in [1.29, 1.82) is 0 Å². The number of nitrogens with one attached hydrogen (secondary N) is 1. The Bertz CT molecular complexity index is 109. The van der Waals surface area contributed by atoms with E-state index in [4.69, 9.17) is 0 Å². The minimum atomic E-state index is 0.0964. The highest BCUT2D eigenvalue weighted by atomic mass is 32.1. The Morgan fingerprint density at radius 1 is 1.18 bits per heavy atom. The van der Waals surface area contributed by atoms with E-state index in [-0.39, 0.29) is 5.91 Å². The molecule has 2 nitrogen and oxygen atoms in total. The van der Waals surface area contributed by atoms with Crippen LogP contribution in [-0.4, -0.2) is 24.0 Å². The number of hydrogen-bond acceptors (Lipinski definition) is 3. The van der Waals surface area contributed by atoms with Gasteiger partial charge in [-0.15, -0.1) is 0 Å². The molecule has 0 spiro atoms. The van der Waals surface area contributed by atoms with Gasteiger partial charge in [-0.2, -0.15) is 25.3 Å². The number of unbranched alkanes of at least 4 members (excludes halogenated alkanes) is 1. The van der Waals surface area contributed by atoms with Crippen LogP contribution in [0.25, 0.3) is 0 Å². The Balaban J connectivity index is 3.04. The molecule has 0 radical (unpaired) electrons. The van der Waals surface area contributed by atoms with E-state index >= 15 is 0 Å². The molecule has 1 N–H and O–H groups in total. The lowest BCUT2D eigenvalue weighted by Gasteiger charge is -2.01. The van der Waals surface area contributed by atoms with Crippen LogP contribution in [0.5, 0.6) is 0 Å². The lowest BCUT2D eigenvalue weighted by Crippen LogP contribution is -2.24. The monoisotopic (exact) mass is 193 g/mol. The SMILES string of the molecule is O=C(CCS)NCCCCS. The molecule has 0 aliphatic heterocycles. The van der Waals surface area contributed by atoms with Crippen LogP contribution in [-0.2, 0) is 4.79 Å². The van der Waals surface area contributed by atoms with E-state index in [1.54, 1.807) is 0 Å². The van der Waals surface area contributed by atoms with E-state index in [0.717, 1.165) is 25.1 Å². The van der Waals surface area contributed by atoms with Gasteiger partial charge in [0.15, 0.2) is 0 Å². The summed E-state index contributed by atoms with van der Waals surface area (Å²) in [5.74, 6) is 1.61. The van der Waals surface area contributed by atoms with Crippen LogP contribution in [0.1, 0.15) is 19.3 Å². The molecule has 0 aliphatic carbocycles. The third kappa shape index (κ3) is 8.07. The molecule has 0 aromatic heterocycles. The quantitative estimate of drug-likeness (QED) is 0.428. The van der Waals surface area contributed by atoms with Crippen LogP contribution >= 0.6 is 25.3 Å². The molecule has 0 saturated carbocycles. The molecule has 0 aromatic rings. The molecule has 4 heteroatoms. The summed E-state index contributed by atoms with van der Waals surface area (Å²) >= 11 is 8.01. The normalized spacial score (nSPS) is 9.64. The first-order valence-corrected chi connectivity index (χ1v) is 5.06. The molecular formula is C7H15NOS2. The third-order valence-corrected chi connectivity index (χ3v) is 1.79. The zero-order chi connectivity index (χ0) is 8.53. The Hall–Kier alpha value is 0.170. The Morgan fingerprint density at radius 2 is 1.91 bits per heavy atom. The van der Waals surface area contributed by atoms with E-state index in [1.807, 2.05) is 0 Å². The van der Waals surface area contributed by atoms with Gasteiger partial charge in [0.25, 0.3) is 0 Å². The minimum Gasteiger partial charge on any atom is -0.356 e. The predicted molar refractivity (Wildman–Crippen MR) is 54.6 cm³/mol. The molecule has 0 bridgehead atoms. The zero-order valence-corrected chi connectivity index (χ0v) is 8.33. The van der Waals surface area contributed by atoms with Crippen molar-refractivity contribution in [3.63, 3.8) is 0 Å². The maximum atomic E-state index is 10.8. The van der Waals surface area contributed by atoms with Gasteiger partial charge in [-0.1, -0.05) is 0 Å². The minimum absolute atomic E-state index is 0.0964. The highest BCUT2D eigenvalue weighted by Crippen LogP contribution is 1.89. The zero-order valence-electron chi connectivity index (χ0n) is 6.55. The summed E-state index contributed by atoms with van der Waals surface area (Å²) in [7, 11) is 0. The maximum Gasteiger partial charge on any atom is 0.220 e. The molecule has 66 valence electrons. The second kappa shape index (κ2) is 8.27. The molecule has 0 fully saturated rings. The Labute approximate surface area is 79.0 Å². The molecule has 11 heavy (non-hydrogen) atoms. The van der Waals surface area contributed by atoms with Gasteiger partial charge in [-0.25, -0.2) is 0 Å². The first-order valence-electron chi connectivity index (χ1n) is 3.79. The van der Waals surface area contributed by atoms with E-state index in [9.17, 15) is 4.79 Å². The van der Waals surface area contributed by atoms with Crippen LogP contribution in [0.3, 0.4) is 0 Å². The van der Waals surface area contributed by atoms with Gasteiger partial charge in [0, 0.05) is 13.0 Å². The summed E-state index contributed by atoms with van der Waals surface area (Å²) in [6, 6.07) is 0. The van der Waals surface area contributed by atoms with Gasteiger partial charge in [-0.3, -0.25) is 4.79 Å². The first-order chi connectivity index (χ1) is 5.31. The van der Waals surface area contributed by atoms with Gasteiger partial charge in [0.2, 0.25) is 5.91 Å². The number of carbonyl (C=O) groups is 1. The van der Waals surface area contributed by atoms with E-state index in [1.165, 1.54) is 0 Å². The van der Waals surface area contributed by atoms with E-state index in [2.05, 4.69) is 30.6 Å². The molecule has 1 amide bonds. The molecule has 0 aliphatic rings. The summed E-state index contributed by atoms with van der Waals surface area (Å²) in [5, 5.41) is 2.80. The summed E-state index contributed by atoms with van der Waals surface area (Å²) < 4.78 is 0. The Morgan fingerprint density at radius 3 is 2.45 bits per heavy atom. The molecule has 0 aromatic carbocycles. The number of rotatable bonds is 6. The smallest absolute Gasteiger partial charge is 0.220 e. The average molecular weight is 193 g/mol. The van der Waals surface area contributed by atoms with Crippen LogP contribution in [0, 0.1) is 0 Å². The van der Waals surface area contributed by atoms with Gasteiger partial charge >= 0.3 is 0 Å². The summed E-state index contributed by atoms with van der Waals surface area (Å²) in [6.07, 6.45) is 2.59. The van der Waals surface area contributed by atoms with Crippen molar-refractivity contribution in [1.82, 2.24) is 5.32 Å². The number of carbonyl (C=O) groups excluding carboxylic acids is 1. The maximum absolute atomic E-state index is 10.8. The predicted octanol–water partition coefficient (Wildman–Crippen LogP) is 1.13. The lowest BCUT2D eigenvalue weighted by atomic mass is 10.3. The van der Waals surface area contributed by atoms with Gasteiger partial charge < -0.3 is 5.32 Å². The van der Waals surface area contributed by atoms with Crippen molar-refractivity contribution in [3.05, 3.63) is 0 Å². The number of thiol groups is 2.